The summed E-state index contributed by atoms with van der Waals surface area (Å²) >= 11 is 0. The first-order chi connectivity index (χ1) is 12.0. The van der Waals surface area contributed by atoms with Crippen LogP contribution >= 0.6 is 0 Å². The lowest BCUT2D eigenvalue weighted by molar-refractivity contribution is -0.116. The number of benzene rings is 2. The summed E-state index contributed by atoms with van der Waals surface area (Å²) < 4.78 is 0. The van der Waals surface area contributed by atoms with E-state index in [0.29, 0.717) is 6.54 Å². The summed E-state index contributed by atoms with van der Waals surface area (Å²) in [6.45, 7) is 3.32. The maximum atomic E-state index is 11.6. The molecule has 25 heavy (non-hydrogen) atoms. The fraction of sp³-hybridized carbons (Fsp3) is 0.350. The number of aliphatic hydroxyl groups excluding tert-OH is 1. The average Bonchev–Trinajstić information content (AvgIpc) is 2.64. The number of carbonyl (C=O) groups is 1. The highest BCUT2D eigenvalue weighted by Crippen LogP contribution is 2.15. The van der Waals surface area contributed by atoms with Crippen molar-refractivity contribution in [2.45, 2.75) is 25.8 Å². The molecule has 0 saturated heterocycles. The molecule has 0 aliphatic heterocycles. The second-order valence-electron chi connectivity index (χ2n) is 6.21. The molecule has 0 bridgehead atoms. The van der Waals surface area contributed by atoms with Crippen LogP contribution in [0.4, 0.5) is 5.69 Å². The maximum Gasteiger partial charge on any atom is 0.218 e. The van der Waals surface area contributed by atoms with Gasteiger partial charge in [0.15, 0.2) is 0 Å². The van der Waals surface area contributed by atoms with E-state index in [4.69, 9.17) is 7.85 Å². The molecule has 0 heterocycles. The summed E-state index contributed by atoms with van der Waals surface area (Å²) in [7, 11) is 7.10. The van der Waals surface area contributed by atoms with E-state index in [0.717, 1.165) is 29.8 Å². The van der Waals surface area contributed by atoms with Gasteiger partial charge in [-0.25, -0.2) is 0 Å². The van der Waals surface area contributed by atoms with E-state index in [1.807, 2.05) is 55.5 Å². The Morgan fingerprint density at radius 2 is 1.96 bits per heavy atom. The molecule has 0 aromatic heterocycles. The lowest BCUT2D eigenvalue weighted by Crippen LogP contribution is -2.25. The van der Waals surface area contributed by atoms with E-state index in [1.54, 1.807) is 11.9 Å². The molecule has 130 valence electrons. The minimum Gasteiger partial charge on any atom is -0.387 e. The van der Waals surface area contributed by atoms with Gasteiger partial charge in [-0.2, -0.15) is 0 Å². The Bertz CT molecular complexity index is 688. The fourth-order valence-electron chi connectivity index (χ4n) is 2.63. The SMILES string of the molecule is [B]CC(=O)N(C)c1ccc(CCNCC(O)c2cccc(C)c2)cc1. The van der Waals surface area contributed by atoms with Crippen molar-refractivity contribution in [2.24, 2.45) is 0 Å². The van der Waals surface area contributed by atoms with E-state index in [-0.39, 0.29) is 12.2 Å². The molecular weight excluding hydrogens is 311 g/mol. The third-order valence-corrected chi connectivity index (χ3v) is 4.23. The number of nitrogens with one attached hydrogen (secondary N) is 1. The van der Waals surface area contributed by atoms with Crippen molar-refractivity contribution in [1.29, 1.82) is 0 Å². The number of aliphatic hydroxyl groups is 1. The van der Waals surface area contributed by atoms with Gasteiger partial charge in [0.2, 0.25) is 5.91 Å². The van der Waals surface area contributed by atoms with Crippen LogP contribution in [0.5, 0.6) is 0 Å². The quantitative estimate of drug-likeness (QED) is 0.575. The van der Waals surface area contributed by atoms with Crippen LogP contribution in [0.1, 0.15) is 22.8 Å². The predicted molar refractivity (Wildman–Crippen MR) is 103 cm³/mol. The van der Waals surface area contributed by atoms with E-state index in [9.17, 15) is 9.90 Å². The highest BCUT2D eigenvalue weighted by molar-refractivity contribution is 6.22. The van der Waals surface area contributed by atoms with E-state index in [1.165, 1.54) is 5.56 Å². The number of carbonyl (C=O) groups excluding carboxylic acids is 1. The Hall–Kier alpha value is -2.11. The standard InChI is InChI=1S/C20H25BN2O2/c1-15-4-3-5-17(12-15)19(24)14-22-11-10-16-6-8-18(9-7-16)23(2)20(25)13-21/h3-9,12,19,22,24H,10-11,13-14H2,1-2H3. The van der Waals surface area contributed by atoms with E-state index in [2.05, 4.69) is 5.32 Å². The number of hydrogen-bond acceptors (Lipinski definition) is 3. The van der Waals surface area contributed by atoms with Gasteiger partial charge in [0.1, 0.15) is 0 Å². The van der Waals surface area contributed by atoms with Crippen molar-refractivity contribution in [1.82, 2.24) is 5.32 Å². The van der Waals surface area contributed by atoms with Gasteiger partial charge >= 0.3 is 0 Å². The highest BCUT2D eigenvalue weighted by atomic mass is 16.3. The van der Waals surface area contributed by atoms with Crippen LogP contribution in [0, 0.1) is 6.92 Å². The van der Waals surface area contributed by atoms with Crippen LogP contribution in [0.3, 0.4) is 0 Å². The zero-order valence-electron chi connectivity index (χ0n) is 14.9. The molecule has 5 heteroatoms. The Balaban J connectivity index is 1.77. The third-order valence-electron chi connectivity index (χ3n) is 4.23. The zero-order valence-corrected chi connectivity index (χ0v) is 14.9. The number of nitrogens with zero attached hydrogens (tertiary/aromatic N) is 1. The second-order valence-corrected chi connectivity index (χ2v) is 6.21. The monoisotopic (exact) mass is 336 g/mol. The summed E-state index contributed by atoms with van der Waals surface area (Å²) in [6.07, 6.45) is 0.360. The first kappa shape index (κ1) is 19.2. The third kappa shape index (κ3) is 5.73. The normalized spacial score (nSPS) is 12.0. The smallest absolute Gasteiger partial charge is 0.218 e. The first-order valence-electron chi connectivity index (χ1n) is 8.52. The van der Waals surface area contributed by atoms with Crippen LogP contribution in [0.2, 0.25) is 6.32 Å². The van der Waals surface area contributed by atoms with Gasteiger partial charge in [0, 0.05) is 19.3 Å². The van der Waals surface area contributed by atoms with Crippen molar-refractivity contribution in [3.8, 4) is 0 Å². The molecule has 2 N–H and O–H groups in total. The number of anilines is 1. The number of aryl methyl sites for hydroxylation is 1. The molecule has 0 spiro atoms. The molecule has 0 fully saturated rings. The van der Waals surface area contributed by atoms with Gasteiger partial charge in [-0.15, -0.1) is 0 Å². The molecule has 2 radical (unpaired) electrons. The minimum absolute atomic E-state index is 0.00539. The topological polar surface area (TPSA) is 52.6 Å². The zero-order chi connectivity index (χ0) is 18.2. The summed E-state index contributed by atoms with van der Waals surface area (Å²) in [4.78, 5) is 13.1. The first-order valence-corrected chi connectivity index (χ1v) is 8.52. The molecular formula is C20H25BN2O2. The largest absolute Gasteiger partial charge is 0.387 e. The molecule has 0 aliphatic carbocycles. The molecule has 2 aromatic carbocycles. The van der Waals surface area contributed by atoms with Crippen LogP contribution < -0.4 is 10.2 Å². The van der Waals surface area contributed by atoms with Crippen molar-refractivity contribution in [3.05, 3.63) is 65.2 Å². The van der Waals surface area contributed by atoms with Crippen LogP contribution in [-0.2, 0) is 11.2 Å². The molecule has 2 aromatic rings. The van der Waals surface area contributed by atoms with Gasteiger partial charge in [-0.05, 0) is 49.5 Å². The van der Waals surface area contributed by atoms with Gasteiger partial charge in [-0.1, -0.05) is 42.0 Å². The summed E-state index contributed by atoms with van der Waals surface area (Å²) in [5, 5.41) is 13.5. The fourth-order valence-corrected chi connectivity index (χ4v) is 2.63. The minimum atomic E-state index is -0.502. The van der Waals surface area contributed by atoms with Crippen LogP contribution in [0.15, 0.2) is 48.5 Å². The van der Waals surface area contributed by atoms with Gasteiger partial charge in [0.05, 0.1) is 14.0 Å². The lowest BCUT2D eigenvalue weighted by atomic mass is 10.0. The molecule has 0 saturated carbocycles. The number of hydrogen-bond donors (Lipinski definition) is 2. The Morgan fingerprint density at radius 3 is 2.60 bits per heavy atom. The Kier molecular flexibility index (Phi) is 7.23. The average molecular weight is 336 g/mol. The van der Waals surface area contributed by atoms with Crippen LogP contribution in [0.25, 0.3) is 0 Å². The van der Waals surface area contributed by atoms with Crippen molar-refractivity contribution in [3.63, 3.8) is 0 Å². The van der Waals surface area contributed by atoms with Gasteiger partial charge in [-0.3, -0.25) is 4.79 Å². The van der Waals surface area contributed by atoms with Crippen LogP contribution in [-0.4, -0.2) is 39.0 Å². The maximum absolute atomic E-state index is 11.6. The Morgan fingerprint density at radius 1 is 1.24 bits per heavy atom. The molecule has 1 atom stereocenters. The second kappa shape index (κ2) is 9.40. The lowest BCUT2D eigenvalue weighted by Gasteiger charge is -2.17. The Labute approximate surface area is 151 Å². The van der Waals surface area contributed by atoms with Crippen molar-refractivity contribution < 1.29 is 9.90 Å². The molecule has 4 nitrogen and oxygen atoms in total. The van der Waals surface area contributed by atoms with E-state index >= 15 is 0 Å². The highest BCUT2D eigenvalue weighted by Gasteiger charge is 2.08. The van der Waals surface area contributed by atoms with Gasteiger partial charge < -0.3 is 15.3 Å². The molecule has 2 rings (SSSR count). The molecule has 0 aliphatic rings. The van der Waals surface area contributed by atoms with Gasteiger partial charge in [0.25, 0.3) is 0 Å². The molecule has 1 amide bonds. The summed E-state index contributed by atoms with van der Waals surface area (Å²) in [5.41, 5.74) is 4.09. The van der Waals surface area contributed by atoms with E-state index < -0.39 is 6.10 Å². The van der Waals surface area contributed by atoms with Crippen molar-refractivity contribution in [2.75, 3.05) is 25.0 Å². The number of amides is 1. The molecule has 1 unspecified atom stereocenters. The predicted octanol–water partition coefficient (Wildman–Crippen LogP) is 2.41. The summed E-state index contributed by atoms with van der Waals surface area (Å²) in [6, 6.07) is 15.8. The summed E-state index contributed by atoms with van der Waals surface area (Å²) in [5.74, 6) is -0.112. The van der Waals surface area contributed by atoms with Crippen molar-refractivity contribution >= 4 is 19.4 Å². The number of rotatable bonds is 8.